The third-order valence-corrected chi connectivity index (χ3v) is 6.96. The molecule has 0 bridgehead atoms. The zero-order valence-corrected chi connectivity index (χ0v) is 21.5. The van der Waals surface area contributed by atoms with Crippen molar-refractivity contribution in [3.63, 3.8) is 0 Å². The number of halogens is 1. The molecular formula is C28H27BrN2O5. The lowest BCUT2D eigenvalue weighted by Gasteiger charge is -2.44. The van der Waals surface area contributed by atoms with Crippen LogP contribution < -0.4 is 15.4 Å². The Kier molecular flexibility index (Phi) is 7.56. The van der Waals surface area contributed by atoms with E-state index >= 15 is 0 Å². The number of hydrogen-bond donors (Lipinski definition) is 3. The van der Waals surface area contributed by atoms with E-state index in [1.165, 1.54) is 14.0 Å². The zero-order chi connectivity index (χ0) is 25.9. The molecule has 3 aromatic carbocycles. The molecule has 186 valence electrons. The lowest BCUT2D eigenvalue weighted by atomic mass is 9.61. The number of carbonyl (C=O) groups excluding carboxylic acids is 3. The summed E-state index contributed by atoms with van der Waals surface area (Å²) in [6.45, 7) is 1.46. The SMILES string of the molecule is COc1ccc(Br)cc1C1C(C(=O)Nc2ccccc2)C(=O)CC(C)(O)C1C(=O)Nc1ccccc1. The first kappa shape index (κ1) is 25.6. The molecule has 7 nitrogen and oxygen atoms in total. The summed E-state index contributed by atoms with van der Waals surface area (Å²) in [5.74, 6) is -4.46. The first-order valence-corrected chi connectivity index (χ1v) is 12.3. The van der Waals surface area contributed by atoms with E-state index in [-0.39, 0.29) is 6.42 Å². The van der Waals surface area contributed by atoms with Gasteiger partial charge in [0, 0.05) is 33.7 Å². The number of hydrogen-bond acceptors (Lipinski definition) is 5. The highest BCUT2D eigenvalue weighted by Gasteiger charge is 2.56. The smallest absolute Gasteiger partial charge is 0.235 e. The number of amides is 2. The van der Waals surface area contributed by atoms with E-state index in [0.717, 1.165) is 0 Å². The Bertz CT molecular complexity index is 1260. The maximum atomic E-state index is 13.7. The average Bonchev–Trinajstić information content (AvgIpc) is 2.84. The number of rotatable bonds is 6. The van der Waals surface area contributed by atoms with Gasteiger partial charge in [-0.05, 0) is 49.4 Å². The highest BCUT2D eigenvalue weighted by atomic mass is 79.9. The van der Waals surface area contributed by atoms with E-state index in [2.05, 4.69) is 26.6 Å². The van der Waals surface area contributed by atoms with E-state index in [4.69, 9.17) is 4.74 Å². The number of ketones is 1. The topological polar surface area (TPSA) is 105 Å². The number of Topliss-reactive ketones (excluding diaryl/α,β-unsaturated/α-hetero) is 1. The van der Waals surface area contributed by atoms with Crippen LogP contribution >= 0.6 is 15.9 Å². The van der Waals surface area contributed by atoms with Crippen molar-refractivity contribution in [2.45, 2.75) is 24.9 Å². The van der Waals surface area contributed by atoms with Crippen LogP contribution in [0.15, 0.2) is 83.3 Å². The summed E-state index contributed by atoms with van der Waals surface area (Å²) in [6, 6.07) is 22.8. The molecule has 4 atom stereocenters. The van der Waals surface area contributed by atoms with Crippen molar-refractivity contribution in [2.75, 3.05) is 17.7 Å². The highest BCUT2D eigenvalue weighted by molar-refractivity contribution is 9.10. The van der Waals surface area contributed by atoms with Gasteiger partial charge in [0.25, 0.3) is 0 Å². The molecule has 1 fully saturated rings. The van der Waals surface area contributed by atoms with Gasteiger partial charge in [0.15, 0.2) is 0 Å². The van der Waals surface area contributed by atoms with Crippen molar-refractivity contribution in [3.05, 3.63) is 88.9 Å². The summed E-state index contributed by atoms with van der Waals surface area (Å²) in [4.78, 5) is 40.7. The Hall–Kier alpha value is -3.49. The predicted octanol–water partition coefficient (Wildman–Crippen LogP) is 4.77. The van der Waals surface area contributed by atoms with Gasteiger partial charge in [-0.2, -0.15) is 0 Å². The van der Waals surface area contributed by atoms with E-state index < -0.39 is 41.0 Å². The summed E-state index contributed by atoms with van der Waals surface area (Å²) in [7, 11) is 1.48. The van der Waals surface area contributed by atoms with E-state index in [1.807, 2.05) is 12.1 Å². The minimum absolute atomic E-state index is 0.348. The molecule has 0 spiro atoms. The molecule has 1 aliphatic rings. The minimum Gasteiger partial charge on any atom is -0.496 e. The maximum Gasteiger partial charge on any atom is 0.235 e. The molecule has 4 unspecified atom stereocenters. The molecule has 0 aliphatic heterocycles. The second-order valence-electron chi connectivity index (χ2n) is 9.08. The van der Waals surface area contributed by atoms with Crippen molar-refractivity contribution < 1.29 is 24.2 Å². The number of carbonyl (C=O) groups is 3. The minimum atomic E-state index is -1.71. The Balaban J connectivity index is 1.83. The Morgan fingerprint density at radius 2 is 1.50 bits per heavy atom. The largest absolute Gasteiger partial charge is 0.496 e. The van der Waals surface area contributed by atoms with Gasteiger partial charge in [-0.3, -0.25) is 14.4 Å². The fourth-order valence-electron chi connectivity index (χ4n) is 4.91. The molecule has 0 radical (unpaired) electrons. The second-order valence-corrected chi connectivity index (χ2v) is 9.99. The van der Waals surface area contributed by atoms with E-state index in [9.17, 15) is 19.5 Å². The number of anilines is 2. The fraction of sp³-hybridized carbons (Fsp3) is 0.250. The lowest BCUT2D eigenvalue weighted by molar-refractivity contribution is -0.150. The van der Waals surface area contributed by atoms with Crippen LogP contribution in [0.5, 0.6) is 5.75 Å². The van der Waals surface area contributed by atoms with Gasteiger partial charge in [-0.25, -0.2) is 0 Å². The molecule has 0 heterocycles. The van der Waals surface area contributed by atoms with Gasteiger partial charge in [0.1, 0.15) is 17.5 Å². The summed E-state index contributed by atoms with van der Waals surface area (Å²) in [5.41, 5.74) is -0.169. The molecule has 36 heavy (non-hydrogen) atoms. The standard InChI is InChI=1S/C28H27BrN2O5/c1-28(35)16-21(32)24(26(33)30-18-9-5-3-6-10-18)23(20-15-17(29)13-14-22(20)36-2)25(28)27(34)31-19-11-7-4-8-12-19/h3-15,23-25,35H,16H2,1-2H3,(H,30,33)(H,31,34). The number of ether oxygens (including phenoxy) is 1. The predicted molar refractivity (Wildman–Crippen MR) is 141 cm³/mol. The van der Waals surface area contributed by atoms with Gasteiger partial charge in [0.05, 0.1) is 18.6 Å². The number of nitrogens with one attached hydrogen (secondary N) is 2. The third kappa shape index (κ3) is 5.34. The third-order valence-electron chi connectivity index (χ3n) is 6.47. The highest BCUT2D eigenvalue weighted by Crippen LogP contribution is 2.49. The zero-order valence-electron chi connectivity index (χ0n) is 19.9. The van der Waals surface area contributed by atoms with Crippen LogP contribution in [0.1, 0.15) is 24.8 Å². The quantitative estimate of drug-likeness (QED) is 0.383. The lowest BCUT2D eigenvalue weighted by Crippen LogP contribution is -2.56. The molecule has 1 saturated carbocycles. The van der Waals surface area contributed by atoms with Crippen LogP contribution in [0.4, 0.5) is 11.4 Å². The van der Waals surface area contributed by atoms with Crippen LogP contribution in [-0.4, -0.2) is 35.4 Å². The second kappa shape index (κ2) is 10.6. The molecule has 8 heteroatoms. The molecule has 0 saturated heterocycles. The normalized spacial score (nSPS) is 23.6. The van der Waals surface area contributed by atoms with Crippen LogP contribution in [0, 0.1) is 11.8 Å². The molecule has 2 amide bonds. The molecule has 1 aliphatic carbocycles. The molecule has 3 N–H and O–H groups in total. The molecule has 0 aromatic heterocycles. The number of benzene rings is 3. The van der Waals surface area contributed by atoms with Crippen LogP contribution in [0.2, 0.25) is 0 Å². The van der Waals surface area contributed by atoms with Gasteiger partial charge >= 0.3 is 0 Å². The summed E-state index contributed by atoms with van der Waals surface area (Å²) in [6.07, 6.45) is -0.348. The van der Waals surface area contributed by atoms with E-state index in [1.54, 1.807) is 66.7 Å². The molecule has 4 rings (SSSR count). The van der Waals surface area contributed by atoms with Gasteiger partial charge < -0.3 is 20.5 Å². The molecular weight excluding hydrogens is 524 g/mol. The van der Waals surface area contributed by atoms with Crippen LogP contribution in [0.3, 0.4) is 0 Å². The Morgan fingerprint density at radius 3 is 2.06 bits per heavy atom. The van der Waals surface area contributed by atoms with Gasteiger partial charge in [-0.15, -0.1) is 0 Å². The average molecular weight is 551 g/mol. The van der Waals surface area contributed by atoms with Crippen molar-refractivity contribution in [1.29, 1.82) is 0 Å². The summed E-state index contributed by atoms with van der Waals surface area (Å²) in [5, 5.41) is 17.1. The van der Waals surface area contributed by atoms with Crippen LogP contribution in [0.25, 0.3) is 0 Å². The van der Waals surface area contributed by atoms with Crippen molar-refractivity contribution in [2.24, 2.45) is 11.8 Å². The maximum absolute atomic E-state index is 13.7. The van der Waals surface area contributed by atoms with Crippen molar-refractivity contribution in [3.8, 4) is 5.75 Å². The summed E-state index contributed by atoms with van der Waals surface area (Å²) >= 11 is 3.45. The molecule has 3 aromatic rings. The van der Waals surface area contributed by atoms with Crippen molar-refractivity contribution in [1.82, 2.24) is 0 Å². The Labute approximate surface area is 218 Å². The monoisotopic (exact) mass is 550 g/mol. The number of methoxy groups -OCH3 is 1. The number of aliphatic hydroxyl groups is 1. The van der Waals surface area contributed by atoms with Crippen LogP contribution in [-0.2, 0) is 14.4 Å². The van der Waals surface area contributed by atoms with Crippen molar-refractivity contribution >= 4 is 44.9 Å². The summed E-state index contributed by atoms with van der Waals surface area (Å²) < 4.78 is 6.25. The van der Waals surface area contributed by atoms with Gasteiger partial charge in [-0.1, -0.05) is 52.3 Å². The first-order valence-electron chi connectivity index (χ1n) is 11.5. The van der Waals surface area contributed by atoms with Gasteiger partial charge in [0.2, 0.25) is 11.8 Å². The fourth-order valence-corrected chi connectivity index (χ4v) is 5.29. The van der Waals surface area contributed by atoms with E-state index in [0.29, 0.717) is 27.2 Å². The Morgan fingerprint density at radius 1 is 0.944 bits per heavy atom. The number of para-hydroxylation sites is 2. The first-order chi connectivity index (χ1) is 17.2.